The van der Waals surface area contributed by atoms with Crippen molar-refractivity contribution in [1.82, 2.24) is 0 Å². The van der Waals surface area contributed by atoms with E-state index in [1.165, 1.54) is 6.07 Å². The number of anilines is 1. The molecule has 2 rings (SSSR count). The standard InChI is InChI=1S/C15H10BrCl2NO3/c16-10-5-1-2-7-12(10)19-13(20)8-22-15(21)9-4-3-6-11(17)14(9)18/h1-7H,8H2,(H,19,20). The molecule has 0 saturated heterocycles. The van der Waals surface area contributed by atoms with Gasteiger partial charge in [-0.1, -0.05) is 41.4 Å². The Morgan fingerprint density at radius 1 is 1.09 bits per heavy atom. The number of carbonyl (C=O) groups is 2. The molecule has 0 aliphatic carbocycles. The highest BCUT2D eigenvalue weighted by molar-refractivity contribution is 9.10. The summed E-state index contributed by atoms with van der Waals surface area (Å²) in [4.78, 5) is 23.7. The van der Waals surface area contributed by atoms with Gasteiger partial charge in [-0.25, -0.2) is 4.79 Å². The number of nitrogens with one attached hydrogen (secondary N) is 1. The number of carbonyl (C=O) groups excluding carboxylic acids is 2. The fourth-order valence-corrected chi connectivity index (χ4v) is 2.38. The first-order valence-electron chi connectivity index (χ1n) is 6.14. The third-order valence-corrected chi connectivity index (χ3v) is 4.16. The number of hydrogen-bond donors (Lipinski definition) is 1. The minimum atomic E-state index is -0.713. The number of hydrogen-bond acceptors (Lipinski definition) is 3. The smallest absolute Gasteiger partial charge is 0.340 e. The zero-order chi connectivity index (χ0) is 16.1. The molecule has 114 valence electrons. The molecule has 1 amide bonds. The van der Waals surface area contributed by atoms with Gasteiger partial charge in [0, 0.05) is 4.47 Å². The predicted molar refractivity (Wildman–Crippen MR) is 89.5 cm³/mol. The number of esters is 1. The van der Waals surface area contributed by atoms with Crippen molar-refractivity contribution in [3.63, 3.8) is 0 Å². The van der Waals surface area contributed by atoms with Gasteiger partial charge in [0.05, 0.1) is 21.3 Å². The molecule has 0 aliphatic heterocycles. The lowest BCUT2D eigenvalue weighted by atomic mass is 10.2. The summed E-state index contributed by atoms with van der Waals surface area (Å²) in [6.45, 7) is -0.428. The van der Waals surface area contributed by atoms with Crippen LogP contribution in [0.3, 0.4) is 0 Å². The van der Waals surface area contributed by atoms with Crippen molar-refractivity contribution in [2.24, 2.45) is 0 Å². The Bertz CT molecular complexity index is 722. The lowest BCUT2D eigenvalue weighted by Gasteiger charge is -2.09. The Balaban J connectivity index is 1.95. The first-order chi connectivity index (χ1) is 10.5. The van der Waals surface area contributed by atoms with E-state index in [9.17, 15) is 9.59 Å². The number of amides is 1. The predicted octanol–water partition coefficient (Wildman–Crippen LogP) is 4.55. The molecule has 0 aliphatic rings. The lowest BCUT2D eigenvalue weighted by molar-refractivity contribution is -0.119. The van der Waals surface area contributed by atoms with Gasteiger partial charge in [0.1, 0.15) is 0 Å². The second-order valence-corrected chi connectivity index (χ2v) is 5.85. The van der Waals surface area contributed by atoms with Gasteiger partial charge in [-0.2, -0.15) is 0 Å². The molecule has 0 aromatic heterocycles. The summed E-state index contributed by atoms with van der Waals surface area (Å²) in [6.07, 6.45) is 0. The summed E-state index contributed by atoms with van der Waals surface area (Å²) in [6, 6.07) is 11.7. The average Bonchev–Trinajstić information content (AvgIpc) is 2.50. The normalized spacial score (nSPS) is 10.1. The van der Waals surface area contributed by atoms with Crippen LogP contribution in [0.4, 0.5) is 5.69 Å². The molecule has 2 aromatic rings. The Morgan fingerprint density at radius 3 is 2.55 bits per heavy atom. The molecular formula is C15H10BrCl2NO3. The van der Waals surface area contributed by atoms with Gasteiger partial charge >= 0.3 is 5.97 Å². The molecule has 0 fully saturated rings. The molecule has 7 heteroatoms. The fraction of sp³-hybridized carbons (Fsp3) is 0.0667. The highest BCUT2D eigenvalue weighted by Gasteiger charge is 2.15. The van der Waals surface area contributed by atoms with Crippen molar-refractivity contribution in [2.75, 3.05) is 11.9 Å². The van der Waals surface area contributed by atoms with E-state index in [4.69, 9.17) is 27.9 Å². The van der Waals surface area contributed by atoms with Crippen LogP contribution in [0.5, 0.6) is 0 Å². The SMILES string of the molecule is O=C(COC(=O)c1cccc(Cl)c1Cl)Nc1ccccc1Br. The minimum absolute atomic E-state index is 0.0976. The van der Waals surface area contributed by atoms with Gasteiger partial charge in [0.25, 0.3) is 5.91 Å². The third-order valence-electron chi connectivity index (χ3n) is 2.65. The first-order valence-corrected chi connectivity index (χ1v) is 7.69. The van der Waals surface area contributed by atoms with Gasteiger partial charge in [-0.05, 0) is 40.2 Å². The summed E-state index contributed by atoms with van der Waals surface area (Å²) >= 11 is 15.0. The van der Waals surface area contributed by atoms with Gasteiger partial charge in [0.2, 0.25) is 0 Å². The third kappa shape index (κ3) is 4.22. The molecule has 0 unspecified atom stereocenters. The van der Waals surface area contributed by atoms with Crippen LogP contribution >= 0.6 is 39.1 Å². The van der Waals surface area contributed by atoms with Crippen LogP contribution in [0.15, 0.2) is 46.9 Å². The van der Waals surface area contributed by atoms with E-state index in [1.807, 2.05) is 6.07 Å². The van der Waals surface area contributed by atoms with Gasteiger partial charge in [-0.3, -0.25) is 4.79 Å². The number of rotatable bonds is 4. The van der Waals surface area contributed by atoms with E-state index < -0.39 is 18.5 Å². The Hall–Kier alpha value is -1.56. The zero-order valence-electron chi connectivity index (χ0n) is 11.1. The maximum absolute atomic E-state index is 11.9. The lowest BCUT2D eigenvalue weighted by Crippen LogP contribution is -2.21. The van der Waals surface area contributed by atoms with Gasteiger partial charge in [-0.15, -0.1) is 0 Å². The summed E-state index contributed by atoms with van der Waals surface area (Å²) in [5.74, 6) is -1.17. The van der Waals surface area contributed by atoms with Crippen molar-refractivity contribution >= 4 is 56.7 Å². The number of ether oxygens (including phenoxy) is 1. The molecule has 0 bridgehead atoms. The van der Waals surface area contributed by atoms with E-state index in [0.29, 0.717) is 5.69 Å². The highest BCUT2D eigenvalue weighted by Crippen LogP contribution is 2.26. The number of para-hydroxylation sites is 1. The van der Waals surface area contributed by atoms with Crippen molar-refractivity contribution in [3.05, 3.63) is 62.5 Å². The summed E-state index contributed by atoms with van der Waals surface area (Å²) in [7, 11) is 0. The van der Waals surface area contributed by atoms with Crippen LogP contribution in [0.2, 0.25) is 10.0 Å². The Kier molecular flexibility index (Phi) is 5.83. The van der Waals surface area contributed by atoms with E-state index in [0.717, 1.165) is 4.47 Å². The molecule has 0 saturated carbocycles. The summed E-state index contributed by atoms with van der Waals surface area (Å²) < 4.78 is 5.66. The zero-order valence-corrected chi connectivity index (χ0v) is 14.2. The molecule has 0 radical (unpaired) electrons. The van der Waals surface area contributed by atoms with Crippen LogP contribution < -0.4 is 5.32 Å². The van der Waals surface area contributed by atoms with E-state index in [1.54, 1.807) is 30.3 Å². The molecular weight excluding hydrogens is 393 g/mol. The maximum atomic E-state index is 11.9. The molecule has 0 heterocycles. The molecule has 1 N–H and O–H groups in total. The van der Waals surface area contributed by atoms with Gasteiger partial charge in [0.15, 0.2) is 6.61 Å². The van der Waals surface area contributed by atoms with Crippen molar-refractivity contribution < 1.29 is 14.3 Å². The number of halogens is 3. The van der Waals surface area contributed by atoms with Crippen molar-refractivity contribution in [3.8, 4) is 0 Å². The molecule has 0 spiro atoms. The Labute approximate surface area is 145 Å². The van der Waals surface area contributed by atoms with E-state index >= 15 is 0 Å². The van der Waals surface area contributed by atoms with Gasteiger partial charge < -0.3 is 10.1 Å². The van der Waals surface area contributed by atoms with Crippen molar-refractivity contribution in [2.45, 2.75) is 0 Å². The number of benzene rings is 2. The fourth-order valence-electron chi connectivity index (χ4n) is 1.62. The second kappa shape index (κ2) is 7.63. The maximum Gasteiger partial charge on any atom is 0.340 e. The summed E-state index contributed by atoms with van der Waals surface area (Å²) in [5.41, 5.74) is 0.701. The minimum Gasteiger partial charge on any atom is -0.452 e. The van der Waals surface area contributed by atoms with E-state index in [-0.39, 0.29) is 15.6 Å². The van der Waals surface area contributed by atoms with Crippen LogP contribution in [0.25, 0.3) is 0 Å². The average molecular weight is 403 g/mol. The topological polar surface area (TPSA) is 55.4 Å². The molecule has 0 atom stereocenters. The quantitative estimate of drug-likeness (QED) is 0.763. The Morgan fingerprint density at radius 2 is 1.82 bits per heavy atom. The largest absolute Gasteiger partial charge is 0.452 e. The van der Waals surface area contributed by atoms with Crippen molar-refractivity contribution in [1.29, 1.82) is 0 Å². The van der Waals surface area contributed by atoms with E-state index in [2.05, 4.69) is 21.2 Å². The molecule has 22 heavy (non-hydrogen) atoms. The first kappa shape index (κ1) is 16.8. The highest BCUT2D eigenvalue weighted by atomic mass is 79.9. The molecule has 2 aromatic carbocycles. The van der Waals surface area contributed by atoms with Crippen LogP contribution in [-0.2, 0) is 9.53 Å². The van der Waals surface area contributed by atoms with Crippen LogP contribution in [0.1, 0.15) is 10.4 Å². The monoisotopic (exact) mass is 401 g/mol. The van der Waals surface area contributed by atoms with Crippen LogP contribution in [0, 0.1) is 0 Å². The second-order valence-electron chi connectivity index (χ2n) is 4.21. The van der Waals surface area contributed by atoms with Crippen LogP contribution in [-0.4, -0.2) is 18.5 Å². The summed E-state index contributed by atoms with van der Waals surface area (Å²) in [5, 5.41) is 2.96. The molecule has 4 nitrogen and oxygen atoms in total.